The molecule has 0 amide bonds. The molecule has 15 heavy (non-hydrogen) atoms. The average molecular weight is 212 g/mol. The molecule has 0 aliphatic carbocycles. The summed E-state index contributed by atoms with van der Waals surface area (Å²) >= 11 is 0. The first kappa shape index (κ1) is 13.0. The highest BCUT2D eigenvalue weighted by molar-refractivity contribution is 4.80. The standard InChI is InChI=1S/C13H28N2/c1-5-10(2)12(4)15-11(3)9-13-7-6-8-14-13/h10-15H,5-9H2,1-4H3. The lowest BCUT2D eigenvalue weighted by Crippen LogP contribution is -2.41. The Morgan fingerprint density at radius 3 is 2.60 bits per heavy atom. The fraction of sp³-hybridized carbons (Fsp3) is 1.00. The maximum absolute atomic E-state index is 3.72. The Hall–Kier alpha value is -0.0800. The normalized spacial score (nSPS) is 27.6. The molecule has 90 valence electrons. The lowest BCUT2D eigenvalue weighted by Gasteiger charge is -2.26. The summed E-state index contributed by atoms with van der Waals surface area (Å²) in [5.74, 6) is 0.781. The van der Waals surface area contributed by atoms with Crippen LogP contribution in [0, 0.1) is 5.92 Å². The summed E-state index contributed by atoms with van der Waals surface area (Å²) in [6, 6.07) is 2.05. The van der Waals surface area contributed by atoms with E-state index in [0.717, 1.165) is 12.0 Å². The predicted octanol–water partition coefficient (Wildman–Crippen LogP) is 2.54. The molecule has 1 fully saturated rings. The van der Waals surface area contributed by atoms with Gasteiger partial charge in [-0.25, -0.2) is 0 Å². The molecule has 1 heterocycles. The number of hydrogen-bond acceptors (Lipinski definition) is 2. The zero-order valence-electron chi connectivity index (χ0n) is 10.8. The highest BCUT2D eigenvalue weighted by atomic mass is 15.0. The molecule has 0 aromatic rings. The molecule has 0 bridgehead atoms. The second-order valence-corrected chi connectivity index (χ2v) is 5.27. The summed E-state index contributed by atoms with van der Waals surface area (Å²) in [5.41, 5.74) is 0. The van der Waals surface area contributed by atoms with Gasteiger partial charge >= 0.3 is 0 Å². The van der Waals surface area contributed by atoms with Crippen molar-refractivity contribution in [3.63, 3.8) is 0 Å². The van der Waals surface area contributed by atoms with Crippen molar-refractivity contribution < 1.29 is 0 Å². The highest BCUT2D eigenvalue weighted by Gasteiger charge is 2.19. The Morgan fingerprint density at radius 2 is 2.07 bits per heavy atom. The van der Waals surface area contributed by atoms with Gasteiger partial charge < -0.3 is 10.6 Å². The van der Waals surface area contributed by atoms with E-state index in [0.29, 0.717) is 12.1 Å². The van der Waals surface area contributed by atoms with E-state index in [9.17, 15) is 0 Å². The number of rotatable bonds is 6. The van der Waals surface area contributed by atoms with Crippen LogP contribution < -0.4 is 10.6 Å². The van der Waals surface area contributed by atoms with Gasteiger partial charge in [0.1, 0.15) is 0 Å². The summed E-state index contributed by atoms with van der Waals surface area (Å²) in [4.78, 5) is 0. The Kier molecular flexibility index (Phi) is 5.62. The van der Waals surface area contributed by atoms with Crippen molar-refractivity contribution in [1.29, 1.82) is 0 Å². The minimum Gasteiger partial charge on any atom is -0.314 e. The van der Waals surface area contributed by atoms with Crippen LogP contribution in [0.3, 0.4) is 0 Å². The van der Waals surface area contributed by atoms with Crippen molar-refractivity contribution in [3.05, 3.63) is 0 Å². The van der Waals surface area contributed by atoms with Crippen LogP contribution in [0.25, 0.3) is 0 Å². The SMILES string of the molecule is CCC(C)C(C)NC(C)CC1CCCN1. The maximum atomic E-state index is 3.72. The van der Waals surface area contributed by atoms with Crippen LogP contribution in [0.5, 0.6) is 0 Å². The first-order chi connectivity index (χ1) is 7.13. The monoisotopic (exact) mass is 212 g/mol. The highest BCUT2D eigenvalue weighted by Crippen LogP contribution is 2.13. The van der Waals surface area contributed by atoms with Crippen molar-refractivity contribution in [3.8, 4) is 0 Å². The third-order valence-electron chi connectivity index (χ3n) is 3.85. The first-order valence-corrected chi connectivity index (χ1v) is 6.63. The quantitative estimate of drug-likeness (QED) is 0.707. The van der Waals surface area contributed by atoms with E-state index in [1.165, 1.54) is 32.2 Å². The van der Waals surface area contributed by atoms with E-state index in [1.54, 1.807) is 0 Å². The van der Waals surface area contributed by atoms with Crippen LogP contribution in [0.1, 0.15) is 53.4 Å². The summed E-state index contributed by atoms with van der Waals surface area (Å²) in [6.45, 7) is 10.5. The zero-order chi connectivity index (χ0) is 11.3. The van der Waals surface area contributed by atoms with Crippen LogP contribution >= 0.6 is 0 Å². The van der Waals surface area contributed by atoms with Gasteiger partial charge in [0, 0.05) is 18.1 Å². The second-order valence-electron chi connectivity index (χ2n) is 5.27. The van der Waals surface area contributed by atoms with Gasteiger partial charge in [0.2, 0.25) is 0 Å². The molecule has 4 atom stereocenters. The van der Waals surface area contributed by atoms with E-state index in [2.05, 4.69) is 38.3 Å². The van der Waals surface area contributed by atoms with E-state index in [1.807, 2.05) is 0 Å². The smallest absolute Gasteiger partial charge is 0.00822 e. The van der Waals surface area contributed by atoms with E-state index in [-0.39, 0.29) is 0 Å². The molecule has 0 saturated carbocycles. The lowest BCUT2D eigenvalue weighted by atomic mass is 9.98. The molecule has 0 aromatic heterocycles. The van der Waals surface area contributed by atoms with Crippen LogP contribution in [-0.4, -0.2) is 24.7 Å². The number of hydrogen-bond donors (Lipinski definition) is 2. The van der Waals surface area contributed by atoms with Gasteiger partial charge in [-0.3, -0.25) is 0 Å². The van der Waals surface area contributed by atoms with E-state index in [4.69, 9.17) is 0 Å². The fourth-order valence-corrected chi connectivity index (χ4v) is 2.42. The van der Waals surface area contributed by atoms with Gasteiger partial charge in [-0.05, 0) is 45.6 Å². The van der Waals surface area contributed by atoms with Gasteiger partial charge in [0.25, 0.3) is 0 Å². The summed E-state index contributed by atoms with van der Waals surface area (Å²) in [7, 11) is 0. The van der Waals surface area contributed by atoms with Gasteiger partial charge in [0.05, 0.1) is 0 Å². The van der Waals surface area contributed by atoms with Crippen molar-refractivity contribution in [1.82, 2.24) is 10.6 Å². The third kappa shape index (κ3) is 4.52. The summed E-state index contributed by atoms with van der Waals surface area (Å²) in [6.07, 6.45) is 5.27. The lowest BCUT2D eigenvalue weighted by molar-refractivity contribution is 0.333. The van der Waals surface area contributed by atoms with Gasteiger partial charge in [-0.15, -0.1) is 0 Å². The zero-order valence-corrected chi connectivity index (χ0v) is 10.8. The van der Waals surface area contributed by atoms with Crippen molar-refractivity contribution in [2.45, 2.75) is 71.5 Å². The molecule has 1 aliphatic heterocycles. The van der Waals surface area contributed by atoms with Crippen LogP contribution in [-0.2, 0) is 0 Å². The van der Waals surface area contributed by atoms with Crippen LogP contribution in [0.15, 0.2) is 0 Å². The molecular weight excluding hydrogens is 184 g/mol. The first-order valence-electron chi connectivity index (χ1n) is 6.63. The summed E-state index contributed by atoms with van der Waals surface area (Å²) in [5, 5.41) is 7.28. The molecule has 0 radical (unpaired) electrons. The van der Waals surface area contributed by atoms with Crippen LogP contribution in [0.4, 0.5) is 0 Å². The minimum atomic E-state index is 0.643. The van der Waals surface area contributed by atoms with Crippen molar-refractivity contribution >= 4 is 0 Å². The molecule has 2 heteroatoms. The van der Waals surface area contributed by atoms with Gasteiger partial charge in [0.15, 0.2) is 0 Å². The topological polar surface area (TPSA) is 24.1 Å². The van der Waals surface area contributed by atoms with Gasteiger partial charge in [-0.1, -0.05) is 20.3 Å². The maximum Gasteiger partial charge on any atom is 0.00822 e. The minimum absolute atomic E-state index is 0.643. The molecule has 4 unspecified atom stereocenters. The third-order valence-corrected chi connectivity index (χ3v) is 3.85. The Labute approximate surface area is 95.2 Å². The largest absolute Gasteiger partial charge is 0.314 e. The van der Waals surface area contributed by atoms with E-state index >= 15 is 0 Å². The van der Waals surface area contributed by atoms with E-state index < -0.39 is 0 Å². The van der Waals surface area contributed by atoms with Crippen molar-refractivity contribution in [2.24, 2.45) is 5.92 Å². The molecule has 2 nitrogen and oxygen atoms in total. The molecule has 2 N–H and O–H groups in total. The second kappa shape index (κ2) is 6.49. The molecule has 0 aromatic carbocycles. The fourth-order valence-electron chi connectivity index (χ4n) is 2.42. The van der Waals surface area contributed by atoms with Crippen molar-refractivity contribution in [2.75, 3.05) is 6.54 Å². The Balaban J connectivity index is 2.19. The van der Waals surface area contributed by atoms with Gasteiger partial charge in [-0.2, -0.15) is 0 Å². The van der Waals surface area contributed by atoms with Crippen LogP contribution in [0.2, 0.25) is 0 Å². The summed E-state index contributed by atoms with van der Waals surface area (Å²) < 4.78 is 0. The molecular formula is C13H28N2. The molecule has 1 aliphatic rings. The molecule has 1 rings (SSSR count). The Morgan fingerprint density at radius 1 is 1.33 bits per heavy atom. The Bertz CT molecular complexity index is 164. The number of nitrogens with one attached hydrogen (secondary N) is 2. The average Bonchev–Trinajstić information content (AvgIpc) is 2.68. The molecule has 1 saturated heterocycles. The predicted molar refractivity (Wildman–Crippen MR) is 67.2 cm³/mol. The molecule has 0 spiro atoms.